The number of nitrogens with zero attached hydrogens (tertiary/aromatic N) is 4. The van der Waals surface area contributed by atoms with Crippen LogP contribution in [0.1, 0.15) is 70.6 Å². The van der Waals surface area contributed by atoms with Gasteiger partial charge in [-0.2, -0.15) is 0 Å². The lowest BCUT2D eigenvalue weighted by atomic mass is 9.74. The Kier molecular flexibility index (Phi) is 9.28. The highest BCUT2D eigenvalue weighted by molar-refractivity contribution is 7.99. The first-order valence-electron chi connectivity index (χ1n) is 12.4. The largest absolute Gasteiger partial charge is 0.461 e. The summed E-state index contributed by atoms with van der Waals surface area (Å²) in [6, 6.07) is 1.70. The summed E-state index contributed by atoms with van der Waals surface area (Å²) in [5.74, 6) is -0.00287. The van der Waals surface area contributed by atoms with E-state index < -0.39 is 17.7 Å². The third-order valence-electron chi connectivity index (χ3n) is 6.40. The van der Waals surface area contributed by atoms with Crippen molar-refractivity contribution in [3.05, 3.63) is 34.9 Å². The monoisotopic (exact) mass is 549 g/mol. The fourth-order valence-electron chi connectivity index (χ4n) is 4.02. The number of carbonyl (C=O) groups excluding carboxylic acids is 2. The molecule has 1 aliphatic rings. The van der Waals surface area contributed by atoms with E-state index in [1.54, 1.807) is 25.4 Å². The fourth-order valence-corrected chi connectivity index (χ4v) is 5.07. The van der Waals surface area contributed by atoms with Gasteiger partial charge in [0.1, 0.15) is 10.6 Å². The van der Waals surface area contributed by atoms with Crippen molar-refractivity contribution in [1.82, 2.24) is 20.3 Å². The zero-order valence-corrected chi connectivity index (χ0v) is 24.1. The van der Waals surface area contributed by atoms with Crippen LogP contribution in [-0.2, 0) is 9.47 Å². The molecule has 1 N–H and O–H groups in total. The maximum absolute atomic E-state index is 12.9. The van der Waals surface area contributed by atoms with Crippen molar-refractivity contribution >= 4 is 41.2 Å². The van der Waals surface area contributed by atoms with Crippen LogP contribution in [0, 0.1) is 12.3 Å². The molecule has 1 unspecified atom stereocenters. The van der Waals surface area contributed by atoms with Crippen LogP contribution in [0.4, 0.5) is 10.6 Å². The number of rotatable bonds is 7. The van der Waals surface area contributed by atoms with Crippen LogP contribution in [0.25, 0.3) is 0 Å². The number of pyridine rings is 1. The van der Waals surface area contributed by atoms with Crippen LogP contribution in [0.2, 0.25) is 5.02 Å². The zero-order chi connectivity index (χ0) is 27.4. The number of aryl methyl sites for hydroxylation is 1. The predicted molar refractivity (Wildman–Crippen MR) is 144 cm³/mol. The van der Waals surface area contributed by atoms with Crippen molar-refractivity contribution in [2.45, 2.75) is 82.9 Å². The number of hydrogen-bond acceptors (Lipinski definition) is 9. The summed E-state index contributed by atoms with van der Waals surface area (Å²) in [4.78, 5) is 41.6. The van der Waals surface area contributed by atoms with E-state index in [1.165, 1.54) is 11.8 Å². The topological polar surface area (TPSA) is 107 Å². The molecule has 1 fully saturated rings. The smallest absolute Gasteiger partial charge is 0.407 e. The number of ether oxygens (including phenoxy) is 2. The molecule has 0 aromatic carbocycles. The number of nitrogens with one attached hydrogen (secondary N) is 1. The van der Waals surface area contributed by atoms with E-state index in [-0.39, 0.29) is 23.8 Å². The number of alkyl carbamates (subject to hydrolysis) is 1. The van der Waals surface area contributed by atoms with Crippen molar-refractivity contribution in [3.63, 3.8) is 0 Å². The van der Waals surface area contributed by atoms with Gasteiger partial charge in [0.2, 0.25) is 0 Å². The molecule has 0 spiro atoms. The van der Waals surface area contributed by atoms with E-state index >= 15 is 0 Å². The second kappa shape index (κ2) is 11.9. The zero-order valence-electron chi connectivity index (χ0n) is 22.6. The summed E-state index contributed by atoms with van der Waals surface area (Å²) < 4.78 is 10.7. The number of aromatic nitrogens is 3. The van der Waals surface area contributed by atoms with Gasteiger partial charge in [0.05, 0.1) is 17.3 Å². The summed E-state index contributed by atoms with van der Waals surface area (Å²) in [5, 5.41) is 4.07. The number of hydrogen-bond donors (Lipinski definition) is 1. The molecule has 3 rings (SSSR count). The lowest BCUT2D eigenvalue weighted by Gasteiger charge is -2.44. The molecule has 2 aromatic heterocycles. The third-order valence-corrected chi connectivity index (χ3v) is 7.97. The van der Waals surface area contributed by atoms with E-state index in [0.717, 1.165) is 17.7 Å². The van der Waals surface area contributed by atoms with Crippen molar-refractivity contribution in [2.75, 3.05) is 24.6 Å². The second-order valence-corrected chi connectivity index (χ2v) is 11.9. The van der Waals surface area contributed by atoms with Crippen LogP contribution in [0.3, 0.4) is 0 Å². The third kappa shape index (κ3) is 7.47. The first-order valence-corrected chi connectivity index (χ1v) is 13.6. The Morgan fingerprint density at radius 1 is 1.27 bits per heavy atom. The summed E-state index contributed by atoms with van der Waals surface area (Å²) in [7, 11) is 0. The lowest BCUT2D eigenvalue weighted by Crippen LogP contribution is -2.51. The summed E-state index contributed by atoms with van der Waals surface area (Å²) in [6.45, 7) is 14.9. The van der Waals surface area contributed by atoms with Gasteiger partial charge in [-0.3, -0.25) is 4.98 Å². The Hall–Kier alpha value is -2.59. The van der Waals surface area contributed by atoms with Crippen LogP contribution in [0.15, 0.2) is 28.4 Å². The van der Waals surface area contributed by atoms with Crippen LogP contribution in [0.5, 0.6) is 0 Å². The molecule has 9 nitrogen and oxygen atoms in total. The summed E-state index contributed by atoms with van der Waals surface area (Å²) >= 11 is 7.62. The van der Waals surface area contributed by atoms with E-state index in [2.05, 4.69) is 27.1 Å². The lowest BCUT2D eigenvalue weighted by molar-refractivity contribution is 0.0439. The average molecular weight is 550 g/mol. The van der Waals surface area contributed by atoms with Gasteiger partial charge in [0, 0.05) is 36.4 Å². The molecule has 0 bridgehead atoms. The Bertz CT molecular complexity index is 1130. The Morgan fingerprint density at radius 3 is 2.54 bits per heavy atom. The van der Waals surface area contributed by atoms with Crippen LogP contribution in [-0.4, -0.2) is 58.4 Å². The first kappa shape index (κ1) is 29.0. The first-order chi connectivity index (χ1) is 17.3. The molecule has 37 heavy (non-hydrogen) atoms. The molecular formula is C26H36ClN5O4S. The Balaban J connectivity index is 1.80. The highest BCUT2D eigenvalue weighted by atomic mass is 35.5. The molecule has 1 saturated heterocycles. The molecule has 1 amide bonds. The van der Waals surface area contributed by atoms with Crippen LogP contribution < -0.4 is 10.2 Å². The van der Waals surface area contributed by atoms with Gasteiger partial charge < -0.3 is 19.7 Å². The highest BCUT2D eigenvalue weighted by Gasteiger charge is 2.38. The minimum Gasteiger partial charge on any atom is -0.461 e. The number of halogens is 1. The number of piperidine rings is 1. The number of amides is 1. The molecule has 0 radical (unpaired) electrons. The van der Waals surface area contributed by atoms with Gasteiger partial charge in [-0.1, -0.05) is 30.3 Å². The normalized spacial score (nSPS) is 16.2. The van der Waals surface area contributed by atoms with Crippen LogP contribution >= 0.6 is 23.4 Å². The van der Waals surface area contributed by atoms with Gasteiger partial charge in [-0.05, 0) is 65.9 Å². The van der Waals surface area contributed by atoms with Crippen molar-refractivity contribution < 1.29 is 19.1 Å². The standard InChI is InChI=1S/C26H36ClN5O4S/c1-8-35-23(33)20-21(29-16(2)22(31-20)37-19-9-12-28-15-18(19)27)32-13-10-26(7,11-14-32)17(3)30-24(34)36-25(4,5)6/h9,12,15,17H,8,10-11,13-14H2,1-7H3,(H,30,34). The maximum atomic E-state index is 12.9. The average Bonchev–Trinajstić information content (AvgIpc) is 2.81. The quantitative estimate of drug-likeness (QED) is 0.436. The van der Waals surface area contributed by atoms with E-state index in [1.807, 2.05) is 34.6 Å². The maximum Gasteiger partial charge on any atom is 0.407 e. The van der Waals surface area contributed by atoms with Gasteiger partial charge in [-0.15, -0.1) is 0 Å². The molecule has 11 heteroatoms. The minimum atomic E-state index is -0.554. The van der Waals surface area contributed by atoms with E-state index in [9.17, 15) is 9.59 Å². The van der Waals surface area contributed by atoms with Gasteiger partial charge >= 0.3 is 12.1 Å². The number of carbonyl (C=O) groups is 2. The molecular weight excluding hydrogens is 514 g/mol. The SMILES string of the molecule is CCOC(=O)c1nc(Sc2ccncc2Cl)c(C)nc1N1CCC(C)(C(C)NC(=O)OC(C)(C)C)CC1. The molecule has 3 heterocycles. The van der Waals surface area contributed by atoms with Crippen molar-refractivity contribution in [3.8, 4) is 0 Å². The van der Waals surface area contributed by atoms with Crippen molar-refractivity contribution in [2.24, 2.45) is 5.41 Å². The summed E-state index contributed by atoms with van der Waals surface area (Å²) in [6.07, 6.45) is 4.38. The minimum absolute atomic E-state index is 0.0919. The molecule has 2 aromatic rings. The highest BCUT2D eigenvalue weighted by Crippen LogP contribution is 2.38. The Morgan fingerprint density at radius 2 is 1.95 bits per heavy atom. The molecule has 0 aliphatic carbocycles. The fraction of sp³-hybridized carbons (Fsp3) is 0.577. The number of esters is 1. The molecule has 1 atom stereocenters. The Labute approximate surface area is 228 Å². The second-order valence-electron chi connectivity index (χ2n) is 10.4. The molecule has 202 valence electrons. The van der Waals surface area contributed by atoms with Gasteiger partial charge in [-0.25, -0.2) is 19.6 Å². The molecule has 0 saturated carbocycles. The summed E-state index contributed by atoms with van der Waals surface area (Å²) in [5.41, 5.74) is 0.174. The van der Waals surface area contributed by atoms with Crippen molar-refractivity contribution in [1.29, 1.82) is 0 Å². The van der Waals surface area contributed by atoms with E-state index in [0.29, 0.717) is 34.6 Å². The predicted octanol–water partition coefficient (Wildman–Crippen LogP) is 5.68. The molecule has 1 aliphatic heterocycles. The van der Waals surface area contributed by atoms with Gasteiger partial charge in [0.15, 0.2) is 11.5 Å². The number of anilines is 1. The van der Waals surface area contributed by atoms with Gasteiger partial charge in [0.25, 0.3) is 0 Å². The van der Waals surface area contributed by atoms with E-state index in [4.69, 9.17) is 26.1 Å².